The second kappa shape index (κ2) is 3.96. The molecule has 14 heavy (non-hydrogen) atoms. The molecule has 0 saturated carbocycles. The molecule has 0 spiro atoms. The third kappa shape index (κ3) is 1.59. The Bertz CT molecular complexity index is 365. The van der Waals surface area contributed by atoms with Crippen molar-refractivity contribution < 1.29 is 0 Å². The summed E-state index contributed by atoms with van der Waals surface area (Å²) >= 11 is 0. The van der Waals surface area contributed by atoms with E-state index in [0.29, 0.717) is 13.1 Å². The summed E-state index contributed by atoms with van der Waals surface area (Å²) in [6, 6.07) is 0. The number of aromatic nitrogens is 3. The van der Waals surface area contributed by atoms with Gasteiger partial charge < -0.3 is 5.73 Å². The van der Waals surface area contributed by atoms with Crippen molar-refractivity contribution in [1.29, 1.82) is 0 Å². The molecule has 0 radical (unpaired) electrons. The molecular formula is C9H16N4O. The Labute approximate surface area is 82.5 Å². The first-order valence-electron chi connectivity index (χ1n) is 5.19. The van der Waals surface area contributed by atoms with E-state index in [9.17, 15) is 4.79 Å². The fourth-order valence-corrected chi connectivity index (χ4v) is 1.89. The zero-order chi connectivity index (χ0) is 9.97. The summed E-state index contributed by atoms with van der Waals surface area (Å²) in [7, 11) is 0. The van der Waals surface area contributed by atoms with Crippen LogP contribution in [0.15, 0.2) is 4.79 Å². The van der Waals surface area contributed by atoms with Crippen molar-refractivity contribution >= 4 is 0 Å². The Morgan fingerprint density at radius 3 is 3.00 bits per heavy atom. The Hall–Kier alpha value is -1.10. The van der Waals surface area contributed by atoms with E-state index in [0.717, 1.165) is 31.6 Å². The first-order valence-corrected chi connectivity index (χ1v) is 5.19. The van der Waals surface area contributed by atoms with Crippen molar-refractivity contribution in [2.24, 2.45) is 5.73 Å². The van der Waals surface area contributed by atoms with Crippen molar-refractivity contribution in [2.45, 2.75) is 38.8 Å². The molecule has 0 aromatic carbocycles. The van der Waals surface area contributed by atoms with Crippen LogP contribution in [0, 0.1) is 0 Å². The summed E-state index contributed by atoms with van der Waals surface area (Å²) in [6.07, 6.45) is 4.34. The molecule has 1 aliphatic rings. The molecule has 0 aliphatic carbocycles. The lowest BCUT2D eigenvalue weighted by Crippen LogP contribution is -2.27. The highest BCUT2D eigenvalue weighted by Crippen LogP contribution is 2.09. The maximum absolute atomic E-state index is 11.8. The van der Waals surface area contributed by atoms with Gasteiger partial charge >= 0.3 is 5.69 Å². The van der Waals surface area contributed by atoms with Crippen molar-refractivity contribution in [3.63, 3.8) is 0 Å². The molecule has 0 saturated heterocycles. The van der Waals surface area contributed by atoms with E-state index in [1.54, 1.807) is 4.57 Å². The van der Waals surface area contributed by atoms with Gasteiger partial charge in [-0.15, -0.1) is 0 Å². The van der Waals surface area contributed by atoms with E-state index in [-0.39, 0.29) is 5.69 Å². The smallest absolute Gasteiger partial charge is 0.329 e. The lowest BCUT2D eigenvalue weighted by atomic mass is 10.2. The summed E-state index contributed by atoms with van der Waals surface area (Å²) < 4.78 is 3.28. The second-order valence-corrected chi connectivity index (χ2v) is 3.67. The number of nitrogens with two attached hydrogens (primary N) is 1. The van der Waals surface area contributed by atoms with Gasteiger partial charge in [-0.1, -0.05) is 6.42 Å². The minimum absolute atomic E-state index is 0.00681. The number of fused-ring (bicyclic) bond motifs is 1. The molecule has 1 aliphatic heterocycles. The normalized spacial score (nSPS) is 16.4. The molecule has 2 N–H and O–H groups in total. The molecule has 0 bridgehead atoms. The van der Waals surface area contributed by atoms with Crippen LogP contribution < -0.4 is 11.4 Å². The maximum atomic E-state index is 11.8. The predicted molar refractivity (Wildman–Crippen MR) is 53.1 cm³/mol. The van der Waals surface area contributed by atoms with Crippen LogP contribution in [0.4, 0.5) is 0 Å². The lowest BCUT2D eigenvalue weighted by molar-refractivity contribution is 0.560. The van der Waals surface area contributed by atoms with Crippen LogP contribution in [0.1, 0.15) is 25.1 Å². The zero-order valence-corrected chi connectivity index (χ0v) is 8.28. The number of hydrogen-bond donors (Lipinski definition) is 1. The number of nitrogens with zero attached hydrogens (tertiary/aromatic N) is 3. The van der Waals surface area contributed by atoms with Crippen molar-refractivity contribution in [2.75, 3.05) is 6.54 Å². The summed E-state index contributed by atoms with van der Waals surface area (Å²) in [5.74, 6) is 0.931. The standard InChI is InChI=1S/C9H16N4O/c10-5-7-13-9(14)12-6-3-1-2-4-8(12)11-13/h1-7,10H2. The van der Waals surface area contributed by atoms with Gasteiger partial charge in [0.05, 0.1) is 6.54 Å². The van der Waals surface area contributed by atoms with Gasteiger partial charge in [0.1, 0.15) is 5.82 Å². The molecule has 5 heteroatoms. The van der Waals surface area contributed by atoms with E-state index in [2.05, 4.69) is 5.10 Å². The minimum Gasteiger partial charge on any atom is -0.329 e. The number of aryl methyl sites for hydroxylation is 1. The van der Waals surface area contributed by atoms with Gasteiger partial charge in [0.2, 0.25) is 0 Å². The average molecular weight is 196 g/mol. The number of hydrogen-bond acceptors (Lipinski definition) is 3. The Balaban J connectivity index is 2.35. The molecule has 2 heterocycles. The third-order valence-electron chi connectivity index (χ3n) is 2.62. The van der Waals surface area contributed by atoms with E-state index in [4.69, 9.17) is 5.73 Å². The Kier molecular flexibility index (Phi) is 2.67. The molecule has 1 aromatic rings. The van der Waals surface area contributed by atoms with Crippen LogP contribution in [0.3, 0.4) is 0 Å². The molecule has 5 nitrogen and oxygen atoms in total. The SMILES string of the molecule is NCCn1nc2n(c1=O)CCCCC2. The quantitative estimate of drug-likeness (QED) is 0.708. The van der Waals surface area contributed by atoms with E-state index >= 15 is 0 Å². The second-order valence-electron chi connectivity index (χ2n) is 3.67. The summed E-state index contributed by atoms with van der Waals surface area (Å²) in [4.78, 5) is 11.8. The van der Waals surface area contributed by atoms with Crippen LogP contribution in [-0.2, 0) is 19.5 Å². The van der Waals surface area contributed by atoms with Gasteiger partial charge in [0.15, 0.2) is 0 Å². The molecular weight excluding hydrogens is 180 g/mol. The van der Waals surface area contributed by atoms with E-state index in [1.807, 2.05) is 0 Å². The monoisotopic (exact) mass is 196 g/mol. The first-order chi connectivity index (χ1) is 6.83. The van der Waals surface area contributed by atoms with Gasteiger partial charge in [-0.25, -0.2) is 9.48 Å². The molecule has 1 aromatic heterocycles. The van der Waals surface area contributed by atoms with Gasteiger partial charge in [-0.3, -0.25) is 4.57 Å². The van der Waals surface area contributed by atoms with Crippen molar-refractivity contribution in [3.8, 4) is 0 Å². The van der Waals surface area contributed by atoms with Gasteiger partial charge in [-0.05, 0) is 12.8 Å². The molecule has 0 unspecified atom stereocenters. The van der Waals surface area contributed by atoms with Crippen LogP contribution in [0.5, 0.6) is 0 Å². The van der Waals surface area contributed by atoms with Crippen molar-refractivity contribution in [3.05, 3.63) is 16.3 Å². The fraction of sp³-hybridized carbons (Fsp3) is 0.778. The molecule has 2 rings (SSSR count). The predicted octanol–water partition coefficient (Wildman–Crippen LogP) is -0.270. The Morgan fingerprint density at radius 2 is 2.21 bits per heavy atom. The lowest BCUT2D eigenvalue weighted by Gasteiger charge is -1.97. The van der Waals surface area contributed by atoms with Crippen molar-refractivity contribution in [1.82, 2.24) is 14.3 Å². The van der Waals surface area contributed by atoms with Gasteiger partial charge in [0, 0.05) is 19.5 Å². The van der Waals surface area contributed by atoms with Crippen LogP contribution in [-0.4, -0.2) is 20.9 Å². The largest absolute Gasteiger partial charge is 0.345 e. The summed E-state index contributed by atoms with van der Waals surface area (Å²) in [5.41, 5.74) is 5.42. The first kappa shape index (κ1) is 9.45. The topological polar surface area (TPSA) is 65.8 Å². The molecule has 0 fully saturated rings. The Morgan fingerprint density at radius 1 is 1.36 bits per heavy atom. The highest BCUT2D eigenvalue weighted by atomic mass is 16.2. The fourth-order valence-electron chi connectivity index (χ4n) is 1.89. The van der Waals surface area contributed by atoms with Crippen LogP contribution >= 0.6 is 0 Å². The summed E-state index contributed by atoms with van der Waals surface area (Å²) in [5, 5.41) is 4.29. The highest BCUT2D eigenvalue weighted by Gasteiger charge is 2.14. The van der Waals surface area contributed by atoms with Gasteiger partial charge in [0.25, 0.3) is 0 Å². The van der Waals surface area contributed by atoms with Gasteiger partial charge in [-0.2, -0.15) is 5.10 Å². The maximum Gasteiger partial charge on any atom is 0.345 e. The third-order valence-corrected chi connectivity index (χ3v) is 2.62. The van der Waals surface area contributed by atoms with Crippen LogP contribution in [0.25, 0.3) is 0 Å². The average Bonchev–Trinajstić information content (AvgIpc) is 2.41. The zero-order valence-electron chi connectivity index (χ0n) is 8.28. The van der Waals surface area contributed by atoms with E-state index in [1.165, 1.54) is 11.1 Å². The molecule has 0 amide bonds. The van der Waals surface area contributed by atoms with Crippen LogP contribution in [0.2, 0.25) is 0 Å². The highest BCUT2D eigenvalue weighted by molar-refractivity contribution is 4.90. The molecule has 0 atom stereocenters. The molecule has 78 valence electrons. The summed E-state index contributed by atoms with van der Waals surface area (Å²) in [6.45, 7) is 1.81. The van der Waals surface area contributed by atoms with E-state index < -0.39 is 0 Å². The number of rotatable bonds is 2. The minimum atomic E-state index is 0.00681.